The first-order valence-corrected chi connectivity index (χ1v) is 20.6. The fraction of sp³-hybridized carbons (Fsp3) is 0.927. The molecule has 5 N–H and O–H groups in total. The van der Waals surface area contributed by atoms with Gasteiger partial charge in [-0.05, 0) is 38.5 Å². The first-order chi connectivity index (χ1) is 23.0. The van der Waals surface area contributed by atoms with Gasteiger partial charge in [-0.3, -0.25) is 4.79 Å². The maximum absolute atomic E-state index is 12.5. The summed E-state index contributed by atoms with van der Waals surface area (Å²) in [5, 5.41) is 43.6. The standard InChI is InChI=1S/C41H81NO5/c1-3-5-7-9-11-13-15-17-19-21-23-25-27-29-31-33-35-39(45)41(47)42-37(36-43)40(46)38(44)34-32-30-28-26-24-22-20-18-16-14-12-10-8-6-4-2/h17,19,37-40,43-46H,3-16,18,20-36H2,1-2H3,(H,42,47)/b19-17-. The number of rotatable bonds is 37. The lowest BCUT2D eigenvalue weighted by atomic mass is 9.99. The lowest BCUT2D eigenvalue weighted by Gasteiger charge is -2.27. The number of allylic oxidation sites excluding steroid dienone is 2. The second-order valence-electron chi connectivity index (χ2n) is 14.3. The van der Waals surface area contributed by atoms with E-state index in [2.05, 4.69) is 31.3 Å². The number of amides is 1. The average Bonchev–Trinajstić information content (AvgIpc) is 3.07. The van der Waals surface area contributed by atoms with Crippen molar-refractivity contribution in [2.24, 2.45) is 0 Å². The van der Waals surface area contributed by atoms with E-state index < -0.39 is 36.9 Å². The Kier molecular flexibility index (Phi) is 35.6. The van der Waals surface area contributed by atoms with Gasteiger partial charge in [0.15, 0.2) is 0 Å². The third-order valence-electron chi connectivity index (χ3n) is 9.73. The molecule has 0 saturated heterocycles. The van der Waals surface area contributed by atoms with Gasteiger partial charge in [0, 0.05) is 0 Å². The van der Waals surface area contributed by atoms with Crippen molar-refractivity contribution in [1.29, 1.82) is 0 Å². The molecule has 0 aliphatic rings. The largest absolute Gasteiger partial charge is 0.394 e. The fourth-order valence-electron chi connectivity index (χ4n) is 6.40. The zero-order chi connectivity index (χ0) is 34.6. The SMILES string of the molecule is CCCCCCCC/C=C\CCCCCCCCC(O)C(=O)NC(CO)C(O)C(O)CCCCCCCCCCCCCCCCC. The molecule has 0 aromatic heterocycles. The van der Waals surface area contributed by atoms with Crippen molar-refractivity contribution in [2.45, 2.75) is 237 Å². The minimum absolute atomic E-state index is 0.364. The summed E-state index contributed by atoms with van der Waals surface area (Å²) in [6, 6.07) is -0.983. The van der Waals surface area contributed by atoms with E-state index in [0.717, 1.165) is 44.9 Å². The van der Waals surface area contributed by atoms with Crippen LogP contribution in [0.1, 0.15) is 213 Å². The van der Waals surface area contributed by atoms with Crippen LogP contribution in [0.3, 0.4) is 0 Å². The average molecular weight is 668 g/mol. The first-order valence-electron chi connectivity index (χ1n) is 20.6. The maximum Gasteiger partial charge on any atom is 0.249 e. The van der Waals surface area contributed by atoms with E-state index in [9.17, 15) is 25.2 Å². The van der Waals surface area contributed by atoms with Crippen LogP contribution in [0.5, 0.6) is 0 Å². The molecule has 6 heteroatoms. The molecule has 1 amide bonds. The summed E-state index contributed by atoms with van der Waals surface area (Å²) in [5.41, 5.74) is 0. The molecule has 4 unspecified atom stereocenters. The summed E-state index contributed by atoms with van der Waals surface area (Å²) in [6.45, 7) is 4.04. The summed E-state index contributed by atoms with van der Waals surface area (Å²) in [4.78, 5) is 12.5. The molecule has 0 bridgehead atoms. The van der Waals surface area contributed by atoms with Gasteiger partial charge in [-0.25, -0.2) is 0 Å². The Labute approximate surface area is 292 Å². The molecule has 0 aliphatic carbocycles. The van der Waals surface area contributed by atoms with Gasteiger partial charge in [0.05, 0.1) is 18.8 Å². The lowest BCUT2D eigenvalue weighted by molar-refractivity contribution is -0.132. The van der Waals surface area contributed by atoms with E-state index >= 15 is 0 Å². The van der Waals surface area contributed by atoms with Gasteiger partial charge >= 0.3 is 0 Å². The fourth-order valence-corrected chi connectivity index (χ4v) is 6.40. The van der Waals surface area contributed by atoms with Gasteiger partial charge in [-0.15, -0.1) is 0 Å². The summed E-state index contributed by atoms with van der Waals surface area (Å²) >= 11 is 0. The maximum atomic E-state index is 12.5. The molecule has 0 spiro atoms. The Balaban J connectivity index is 3.77. The molecule has 4 atom stereocenters. The number of carbonyl (C=O) groups is 1. The number of hydrogen-bond acceptors (Lipinski definition) is 5. The van der Waals surface area contributed by atoms with Gasteiger partial charge in [0.1, 0.15) is 12.2 Å². The van der Waals surface area contributed by atoms with E-state index in [1.807, 2.05) is 0 Å². The van der Waals surface area contributed by atoms with Crippen molar-refractivity contribution in [3.8, 4) is 0 Å². The zero-order valence-corrected chi connectivity index (χ0v) is 31.3. The highest BCUT2D eigenvalue weighted by Gasteiger charge is 2.28. The van der Waals surface area contributed by atoms with Crippen molar-refractivity contribution < 1.29 is 25.2 Å². The van der Waals surface area contributed by atoms with Crippen LogP contribution in [0.15, 0.2) is 12.2 Å². The molecule has 0 saturated carbocycles. The van der Waals surface area contributed by atoms with Gasteiger partial charge < -0.3 is 25.7 Å². The summed E-state index contributed by atoms with van der Waals surface area (Å²) in [5.74, 6) is -0.588. The van der Waals surface area contributed by atoms with Crippen LogP contribution >= 0.6 is 0 Å². The predicted molar refractivity (Wildman–Crippen MR) is 201 cm³/mol. The molecule has 0 aromatic rings. The Morgan fingerprint density at radius 1 is 0.511 bits per heavy atom. The molecule has 0 aliphatic heterocycles. The number of unbranched alkanes of at least 4 members (excludes halogenated alkanes) is 26. The van der Waals surface area contributed by atoms with Crippen LogP contribution in [-0.2, 0) is 4.79 Å². The molecule has 0 heterocycles. The van der Waals surface area contributed by atoms with Crippen LogP contribution in [0, 0.1) is 0 Å². The summed E-state index contributed by atoms with van der Waals surface area (Å²) in [6.07, 6.45) is 38.0. The number of aliphatic hydroxyl groups is 4. The van der Waals surface area contributed by atoms with Crippen molar-refractivity contribution in [2.75, 3.05) is 6.61 Å². The lowest BCUT2D eigenvalue weighted by Crippen LogP contribution is -2.53. The highest BCUT2D eigenvalue weighted by molar-refractivity contribution is 5.80. The van der Waals surface area contributed by atoms with E-state index in [0.29, 0.717) is 12.8 Å². The van der Waals surface area contributed by atoms with Crippen LogP contribution in [-0.4, -0.2) is 57.3 Å². The Hall–Kier alpha value is -0.950. The van der Waals surface area contributed by atoms with E-state index in [-0.39, 0.29) is 0 Å². The van der Waals surface area contributed by atoms with E-state index in [1.165, 1.54) is 141 Å². The van der Waals surface area contributed by atoms with Crippen molar-refractivity contribution in [1.82, 2.24) is 5.32 Å². The topological polar surface area (TPSA) is 110 Å². The van der Waals surface area contributed by atoms with E-state index in [1.54, 1.807) is 0 Å². The van der Waals surface area contributed by atoms with Gasteiger partial charge in [0.2, 0.25) is 5.91 Å². The molecule has 0 fully saturated rings. The highest BCUT2D eigenvalue weighted by Crippen LogP contribution is 2.16. The Morgan fingerprint density at radius 3 is 1.23 bits per heavy atom. The van der Waals surface area contributed by atoms with Crippen LogP contribution < -0.4 is 5.32 Å². The molecule has 0 aromatic carbocycles. The minimum Gasteiger partial charge on any atom is -0.394 e. The van der Waals surface area contributed by atoms with Crippen molar-refractivity contribution in [3.05, 3.63) is 12.2 Å². The minimum atomic E-state index is -1.26. The smallest absolute Gasteiger partial charge is 0.249 e. The second kappa shape index (κ2) is 36.3. The zero-order valence-electron chi connectivity index (χ0n) is 31.3. The molecule has 0 rings (SSSR count). The van der Waals surface area contributed by atoms with Crippen molar-refractivity contribution >= 4 is 5.91 Å². The van der Waals surface area contributed by atoms with Gasteiger partial charge in [-0.1, -0.05) is 187 Å². The Morgan fingerprint density at radius 2 is 0.851 bits per heavy atom. The number of aliphatic hydroxyl groups excluding tert-OH is 4. The van der Waals surface area contributed by atoms with E-state index in [4.69, 9.17) is 0 Å². The first kappa shape index (κ1) is 46.0. The van der Waals surface area contributed by atoms with Crippen molar-refractivity contribution in [3.63, 3.8) is 0 Å². The monoisotopic (exact) mass is 668 g/mol. The van der Waals surface area contributed by atoms with Gasteiger partial charge in [0.25, 0.3) is 0 Å². The summed E-state index contributed by atoms with van der Waals surface area (Å²) < 4.78 is 0. The number of carbonyl (C=O) groups excluding carboxylic acids is 1. The third-order valence-corrected chi connectivity index (χ3v) is 9.73. The number of nitrogens with one attached hydrogen (secondary N) is 1. The van der Waals surface area contributed by atoms with Crippen LogP contribution in [0.25, 0.3) is 0 Å². The van der Waals surface area contributed by atoms with Gasteiger partial charge in [-0.2, -0.15) is 0 Å². The summed E-state index contributed by atoms with van der Waals surface area (Å²) in [7, 11) is 0. The molecule has 47 heavy (non-hydrogen) atoms. The predicted octanol–water partition coefficient (Wildman–Crippen LogP) is 10.2. The normalized spacial score (nSPS) is 14.4. The molecular formula is C41H81NO5. The Bertz CT molecular complexity index is 672. The molecule has 280 valence electrons. The second-order valence-corrected chi connectivity index (χ2v) is 14.3. The quantitative estimate of drug-likeness (QED) is 0.0335. The van der Waals surface area contributed by atoms with Crippen LogP contribution in [0.4, 0.5) is 0 Å². The third kappa shape index (κ3) is 30.8. The molecular weight excluding hydrogens is 586 g/mol. The number of hydrogen-bond donors (Lipinski definition) is 5. The van der Waals surface area contributed by atoms with Crippen LogP contribution in [0.2, 0.25) is 0 Å². The molecule has 0 radical (unpaired) electrons. The molecule has 6 nitrogen and oxygen atoms in total. The highest BCUT2D eigenvalue weighted by atomic mass is 16.3.